The van der Waals surface area contributed by atoms with Crippen molar-refractivity contribution < 1.29 is 0 Å². The van der Waals surface area contributed by atoms with Crippen molar-refractivity contribution in [2.24, 2.45) is 0 Å². The molecule has 15 heavy (non-hydrogen) atoms. The summed E-state index contributed by atoms with van der Waals surface area (Å²) in [6.07, 6.45) is 4.95. The van der Waals surface area contributed by atoms with Crippen molar-refractivity contribution in [3.05, 3.63) is 57.1 Å². The molecule has 0 saturated carbocycles. The van der Waals surface area contributed by atoms with E-state index in [0.29, 0.717) is 0 Å². The van der Waals surface area contributed by atoms with E-state index in [9.17, 15) is 0 Å². The van der Waals surface area contributed by atoms with Crippen LogP contribution in [0.25, 0.3) is 0 Å². The van der Waals surface area contributed by atoms with E-state index < -0.39 is 0 Å². The zero-order valence-electron chi connectivity index (χ0n) is 8.93. The summed E-state index contributed by atoms with van der Waals surface area (Å²) in [4.78, 5) is 0. The maximum absolute atomic E-state index is 5.99. The Bertz CT molecular complexity index is 370. The Morgan fingerprint density at radius 2 is 1.87 bits per heavy atom. The van der Waals surface area contributed by atoms with E-state index in [0.717, 1.165) is 21.5 Å². The summed E-state index contributed by atoms with van der Waals surface area (Å²) < 4.78 is 1.11. The van der Waals surface area contributed by atoms with Crippen molar-refractivity contribution in [2.45, 2.75) is 20.3 Å². The zero-order valence-corrected chi connectivity index (χ0v) is 11.3. The summed E-state index contributed by atoms with van der Waals surface area (Å²) in [5, 5.41) is 0.826. The topological polar surface area (TPSA) is 0 Å². The Hall–Kier alpha value is -0.530. The van der Waals surface area contributed by atoms with E-state index in [-0.39, 0.29) is 0 Å². The zero-order chi connectivity index (χ0) is 11.3. The Kier molecular flexibility index (Phi) is 5.13. The van der Waals surface area contributed by atoms with Gasteiger partial charge in [-0.2, -0.15) is 0 Å². The standard InChI is InChI=1S/C13H14BrCl/c1-10(2)13(15)5-3-4-11-6-8-12(14)9-7-11/h3,5-9H,4H2,1-2H3/b5-3+. The predicted molar refractivity (Wildman–Crippen MR) is 71.2 cm³/mol. The van der Waals surface area contributed by atoms with Crippen LogP contribution in [0, 0.1) is 0 Å². The second kappa shape index (κ2) is 6.14. The van der Waals surface area contributed by atoms with Crippen LogP contribution < -0.4 is 0 Å². The van der Waals surface area contributed by atoms with Gasteiger partial charge in [0.25, 0.3) is 0 Å². The van der Waals surface area contributed by atoms with Crippen molar-refractivity contribution in [3.63, 3.8) is 0 Å². The molecule has 0 aliphatic carbocycles. The third-order valence-corrected chi connectivity index (χ3v) is 3.04. The van der Waals surface area contributed by atoms with Gasteiger partial charge < -0.3 is 0 Å². The molecule has 0 heterocycles. The maximum Gasteiger partial charge on any atom is 0.0389 e. The van der Waals surface area contributed by atoms with Gasteiger partial charge >= 0.3 is 0 Å². The molecular formula is C13H14BrCl. The molecule has 1 aromatic carbocycles. The second-order valence-electron chi connectivity index (χ2n) is 3.58. The van der Waals surface area contributed by atoms with Crippen molar-refractivity contribution in [1.82, 2.24) is 0 Å². The number of allylic oxidation sites excluding steroid dienone is 4. The van der Waals surface area contributed by atoms with Crippen molar-refractivity contribution in [1.29, 1.82) is 0 Å². The van der Waals surface area contributed by atoms with Gasteiger partial charge in [0.1, 0.15) is 0 Å². The molecular weight excluding hydrogens is 272 g/mol. The van der Waals surface area contributed by atoms with E-state index >= 15 is 0 Å². The first kappa shape index (κ1) is 12.5. The van der Waals surface area contributed by atoms with Crippen LogP contribution in [-0.4, -0.2) is 0 Å². The minimum Gasteiger partial charge on any atom is -0.0844 e. The van der Waals surface area contributed by atoms with Crippen LogP contribution in [0.15, 0.2) is 51.5 Å². The van der Waals surface area contributed by atoms with Crippen LogP contribution in [-0.2, 0) is 6.42 Å². The SMILES string of the molecule is CC(C)=C(Cl)/C=C/Cc1ccc(Br)cc1. The highest BCUT2D eigenvalue weighted by molar-refractivity contribution is 9.10. The van der Waals surface area contributed by atoms with E-state index in [1.165, 1.54) is 5.56 Å². The lowest BCUT2D eigenvalue weighted by molar-refractivity contribution is 1.26. The normalized spacial score (nSPS) is 10.7. The summed E-state index contributed by atoms with van der Waals surface area (Å²) >= 11 is 9.40. The van der Waals surface area contributed by atoms with Crippen molar-refractivity contribution >= 4 is 27.5 Å². The fourth-order valence-electron chi connectivity index (χ4n) is 1.09. The van der Waals surface area contributed by atoms with E-state index in [1.807, 2.05) is 32.1 Å². The number of hydrogen-bond donors (Lipinski definition) is 0. The molecule has 0 fully saturated rings. The lowest BCUT2D eigenvalue weighted by Gasteiger charge is -1.97. The molecule has 0 saturated heterocycles. The van der Waals surface area contributed by atoms with Gasteiger partial charge in [-0.25, -0.2) is 0 Å². The minimum absolute atomic E-state index is 0.826. The Morgan fingerprint density at radius 1 is 1.27 bits per heavy atom. The molecule has 0 unspecified atom stereocenters. The average Bonchev–Trinajstić information content (AvgIpc) is 2.20. The highest BCUT2D eigenvalue weighted by Gasteiger charge is 1.91. The van der Waals surface area contributed by atoms with Gasteiger partial charge in [-0.1, -0.05) is 51.3 Å². The summed E-state index contributed by atoms with van der Waals surface area (Å²) in [5.41, 5.74) is 2.43. The monoisotopic (exact) mass is 284 g/mol. The summed E-state index contributed by atoms with van der Waals surface area (Å²) in [6.45, 7) is 4.01. The van der Waals surface area contributed by atoms with Crippen LogP contribution in [0.1, 0.15) is 19.4 Å². The molecule has 0 amide bonds. The first-order valence-corrected chi connectivity index (χ1v) is 6.00. The molecule has 1 rings (SSSR count). The van der Waals surface area contributed by atoms with Gasteiger partial charge in [-0.05, 0) is 44.0 Å². The molecule has 0 aliphatic rings. The van der Waals surface area contributed by atoms with Gasteiger partial charge in [-0.3, -0.25) is 0 Å². The number of halogens is 2. The van der Waals surface area contributed by atoms with Gasteiger partial charge in [-0.15, -0.1) is 0 Å². The Morgan fingerprint density at radius 3 is 2.40 bits per heavy atom. The highest BCUT2D eigenvalue weighted by atomic mass is 79.9. The first-order chi connectivity index (χ1) is 7.09. The Labute approximate surface area is 105 Å². The largest absolute Gasteiger partial charge is 0.0844 e. The molecule has 0 nitrogen and oxygen atoms in total. The van der Waals surface area contributed by atoms with Gasteiger partial charge in [0.15, 0.2) is 0 Å². The molecule has 80 valence electrons. The molecule has 0 spiro atoms. The third-order valence-electron chi connectivity index (χ3n) is 2.01. The van der Waals surface area contributed by atoms with E-state index in [1.54, 1.807) is 0 Å². The Balaban J connectivity index is 2.58. The van der Waals surface area contributed by atoms with E-state index in [4.69, 9.17) is 11.6 Å². The van der Waals surface area contributed by atoms with Crippen molar-refractivity contribution in [2.75, 3.05) is 0 Å². The summed E-state index contributed by atoms with van der Waals surface area (Å²) in [7, 11) is 0. The van der Waals surface area contributed by atoms with Crippen LogP contribution in [0.2, 0.25) is 0 Å². The van der Waals surface area contributed by atoms with Gasteiger partial charge in [0.05, 0.1) is 0 Å². The summed E-state index contributed by atoms with van der Waals surface area (Å²) in [6, 6.07) is 8.30. The number of rotatable bonds is 3. The minimum atomic E-state index is 0.826. The molecule has 0 radical (unpaired) electrons. The highest BCUT2D eigenvalue weighted by Crippen LogP contribution is 2.13. The van der Waals surface area contributed by atoms with Gasteiger partial charge in [0.2, 0.25) is 0 Å². The maximum atomic E-state index is 5.99. The quantitative estimate of drug-likeness (QED) is 0.679. The summed E-state index contributed by atoms with van der Waals surface area (Å²) in [5.74, 6) is 0. The molecule has 1 aromatic rings. The first-order valence-electron chi connectivity index (χ1n) is 4.83. The van der Waals surface area contributed by atoms with Crippen LogP contribution in [0.4, 0.5) is 0 Å². The predicted octanol–water partition coefficient (Wildman–Crippen LogP) is 5.08. The average molecular weight is 286 g/mol. The lowest BCUT2D eigenvalue weighted by Crippen LogP contribution is -1.80. The van der Waals surface area contributed by atoms with Crippen LogP contribution >= 0.6 is 27.5 Å². The molecule has 0 aromatic heterocycles. The second-order valence-corrected chi connectivity index (χ2v) is 4.90. The molecule has 0 N–H and O–H groups in total. The number of hydrogen-bond acceptors (Lipinski definition) is 0. The third kappa shape index (κ3) is 4.67. The van der Waals surface area contributed by atoms with Gasteiger partial charge in [0, 0.05) is 9.51 Å². The molecule has 0 atom stereocenters. The van der Waals surface area contributed by atoms with E-state index in [2.05, 4.69) is 34.1 Å². The molecule has 0 bridgehead atoms. The van der Waals surface area contributed by atoms with Crippen LogP contribution in [0.5, 0.6) is 0 Å². The lowest BCUT2D eigenvalue weighted by atomic mass is 10.1. The van der Waals surface area contributed by atoms with Crippen molar-refractivity contribution in [3.8, 4) is 0 Å². The molecule has 2 heteroatoms. The van der Waals surface area contributed by atoms with Crippen LogP contribution in [0.3, 0.4) is 0 Å². The number of benzene rings is 1. The molecule has 0 aliphatic heterocycles. The fourth-order valence-corrected chi connectivity index (χ4v) is 1.44. The fraction of sp³-hybridized carbons (Fsp3) is 0.231. The smallest absolute Gasteiger partial charge is 0.0389 e.